The summed E-state index contributed by atoms with van der Waals surface area (Å²) < 4.78 is 4.61. The fourth-order valence-corrected chi connectivity index (χ4v) is 0.166. The fourth-order valence-electron chi connectivity index (χ4n) is 0.166. The van der Waals surface area contributed by atoms with Crippen molar-refractivity contribution in [3.8, 4) is 0 Å². The first kappa shape index (κ1) is 10.7. The van der Waals surface area contributed by atoms with Crippen LogP contribution >= 0.6 is 0 Å². The topological polar surface area (TPSA) is 26.3 Å². The molecule has 0 bridgehead atoms. The Labute approximate surface area is 71.2 Å². The molecule has 0 aromatic rings. The van der Waals surface area contributed by atoms with Crippen LogP contribution in [0.3, 0.4) is 0 Å². The zero-order chi connectivity index (χ0) is 4.83. The summed E-state index contributed by atoms with van der Waals surface area (Å²) in [5.74, 6) is 0. The molecule has 0 unspecified atom stereocenters. The van der Waals surface area contributed by atoms with Gasteiger partial charge < -0.3 is 9.53 Å². The zero-order valence-corrected chi connectivity index (χ0v) is 8.01. The van der Waals surface area contributed by atoms with Crippen LogP contribution in [-0.2, 0) is 9.53 Å². The normalized spacial score (nSPS) is 7.00. The van der Waals surface area contributed by atoms with E-state index in [1.54, 1.807) is 0 Å². The number of rotatable bonds is 3. The number of ether oxygens (including phenoxy) is 1. The quantitative estimate of drug-likeness (QED) is 0.509. The average molecular weight is 227 g/mol. The van der Waals surface area contributed by atoms with E-state index in [0.717, 1.165) is 6.29 Å². The smallest absolute Gasteiger partial charge is 0.145 e. The minimum Gasteiger partial charge on any atom is -0.374 e. The van der Waals surface area contributed by atoms with E-state index in [2.05, 4.69) is 4.74 Å². The van der Waals surface area contributed by atoms with Gasteiger partial charge in [0.25, 0.3) is 0 Å². The Kier molecular flexibility index (Phi) is 15.3. The van der Waals surface area contributed by atoms with Gasteiger partial charge >= 0.3 is 0 Å². The summed E-state index contributed by atoms with van der Waals surface area (Å²) in [7, 11) is 0. The summed E-state index contributed by atoms with van der Waals surface area (Å²) >= 11 is 0. The van der Waals surface area contributed by atoms with E-state index < -0.39 is 0 Å². The largest absolute Gasteiger partial charge is 0.374 e. The average Bonchev–Trinajstić information content (AvgIpc) is 1.61. The third-order valence-electron chi connectivity index (χ3n) is 0.390. The molecule has 0 saturated carbocycles. The predicted octanol–water partition coefficient (Wildman–Crippen LogP) is 0.222. The van der Waals surface area contributed by atoms with Gasteiger partial charge in [0.15, 0.2) is 0 Å². The van der Waals surface area contributed by atoms with Crippen molar-refractivity contribution in [2.24, 2.45) is 0 Å². The van der Waals surface area contributed by atoms with Crippen LogP contribution in [0.4, 0.5) is 0 Å². The van der Waals surface area contributed by atoms with Crippen LogP contribution < -0.4 is 0 Å². The summed E-state index contributed by atoms with van der Waals surface area (Å²) in [6, 6.07) is 0. The Bertz CT molecular complexity index is 38.7. The minimum atomic E-state index is 0. The molecule has 0 aliphatic heterocycles. The zero-order valence-electron chi connectivity index (χ0n) is 4.39. The van der Waals surface area contributed by atoms with Gasteiger partial charge in [0.2, 0.25) is 0 Å². The second kappa shape index (κ2) is 9.95. The van der Waals surface area contributed by atoms with Gasteiger partial charge in [-0.2, -0.15) is 0 Å². The van der Waals surface area contributed by atoms with E-state index in [-0.39, 0.29) is 42.2 Å². The summed E-state index contributed by atoms with van der Waals surface area (Å²) in [5, 5.41) is 0. The maximum Gasteiger partial charge on any atom is 0.145 e. The summed E-state index contributed by atoms with van der Waals surface area (Å²) in [5.41, 5.74) is 0. The van der Waals surface area contributed by atoms with Crippen molar-refractivity contribution in [3.63, 3.8) is 0 Å². The van der Waals surface area contributed by atoms with E-state index in [1.165, 1.54) is 0 Å². The second-order valence-corrected chi connectivity index (χ2v) is 0.826. The molecule has 0 aliphatic rings. The maximum absolute atomic E-state index is 9.44. The van der Waals surface area contributed by atoms with E-state index in [4.69, 9.17) is 0 Å². The van der Waals surface area contributed by atoms with Crippen LogP contribution in [0.25, 0.3) is 0 Å². The van der Waals surface area contributed by atoms with Crippen molar-refractivity contribution >= 4 is 6.29 Å². The third kappa shape index (κ3) is 10.9. The predicted molar refractivity (Wildman–Crippen MR) is 22.6 cm³/mol. The first-order valence-corrected chi connectivity index (χ1v) is 1.93. The summed E-state index contributed by atoms with van der Waals surface area (Å²) in [6.45, 7) is 2.71. The Morgan fingerprint density at radius 2 is 2.29 bits per heavy atom. The van der Waals surface area contributed by atoms with Crippen molar-refractivity contribution in [2.45, 2.75) is 6.92 Å². The van der Waals surface area contributed by atoms with Crippen molar-refractivity contribution in [1.29, 1.82) is 0 Å². The van der Waals surface area contributed by atoms with Crippen LogP contribution in [0, 0.1) is 35.6 Å². The van der Waals surface area contributed by atoms with E-state index >= 15 is 0 Å². The van der Waals surface area contributed by atoms with E-state index in [9.17, 15) is 4.79 Å². The Balaban J connectivity index is 0. The SMILES string of the molecule is CCOCC=O.[La]. The number of hydrogen-bond acceptors (Lipinski definition) is 2. The van der Waals surface area contributed by atoms with Gasteiger partial charge in [0, 0.05) is 42.2 Å². The molecular weight excluding hydrogens is 219 g/mol. The molecule has 0 fully saturated rings. The molecule has 3 heteroatoms. The van der Waals surface area contributed by atoms with Gasteiger partial charge in [-0.25, -0.2) is 0 Å². The van der Waals surface area contributed by atoms with Gasteiger partial charge in [-0.15, -0.1) is 0 Å². The van der Waals surface area contributed by atoms with Gasteiger partial charge in [0.05, 0.1) is 0 Å². The van der Waals surface area contributed by atoms with Gasteiger partial charge in [-0.3, -0.25) is 0 Å². The molecule has 0 amide bonds. The number of carbonyl (C=O) groups is 1. The molecule has 1 radical (unpaired) electrons. The summed E-state index contributed by atoms with van der Waals surface area (Å²) in [6.07, 6.45) is 0.740. The summed E-state index contributed by atoms with van der Waals surface area (Å²) in [4.78, 5) is 9.44. The van der Waals surface area contributed by atoms with Crippen molar-refractivity contribution in [2.75, 3.05) is 13.2 Å². The van der Waals surface area contributed by atoms with Gasteiger partial charge in [-0.05, 0) is 6.92 Å². The molecule has 0 atom stereocenters. The molecule has 0 aliphatic carbocycles. The Morgan fingerprint density at radius 1 is 1.71 bits per heavy atom. The molecule has 0 spiro atoms. The van der Waals surface area contributed by atoms with Crippen LogP contribution in [0.2, 0.25) is 0 Å². The molecule has 39 valence electrons. The van der Waals surface area contributed by atoms with Crippen LogP contribution in [-0.4, -0.2) is 19.5 Å². The standard InChI is InChI=1S/C4H8O2.La/c1-2-6-4-3-5;/h3H,2,4H2,1H3;. The van der Waals surface area contributed by atoms with Crippen LogP contribution in [0.1, 0.15) is 6.92 Å². The monoisotopic (exact) mass is 227 g/mol. The van der Waals surface area contributed by atoms with Crippen molar-refractivity contribution in [1.82, 2.24) is 0 Å². The van der Waals surface area contributed by atoms with Gasteiger partial charge in [-0.1, -0.05) is 0 Å². The van der Waals surface area contributed by atoms with Crippen LogP contribution in [0.5, 0.6) is 0 Å². The molecule has 7 heavy (non-hydrogen) atoms. The molecular formula is C4H8LaO2. The maximum atomic E-state index is 9.44. The number of aldehydes is 1. The molecule has 0 N–H and O–H groups in total. The van der Waals surface area contributed by atoms with E-state index in [1.807, 2.05) is 6.92 Å². The Hall–Kier alpha value is 0.825. The minimum absolute atomic E-state index is 0. The molecule has 0 rings (SSSR count). The second-order valence-electron chi connectivity index (χ2n) is 0.826. The molecule has 0 aromatic heterocycles. The Morgan fingerprint density at radius 3 is 2.43 bits per heavy atom. The first-order chi connectivity index (χ1) is 2.91. The third-order valence-corrected chi connectivity index (χ3v) is 0.390. The number of hydrogen-bond donors (Lipinski definition) is 0. The molecule has 0 aromatic carbocycles. The number of carbonyl (C=O) groups excluding carboxylic acids is 1. The first-order valence-electron chi connectivity index (χ1n) is 1.93. The van der Waals surface area contributed by atoms with Gasteiger partial charge in [0.1, 0.15) is 12.9 Å². The molecule has 0 saturated heterocycles. The fraction of sp³-hybridized carbons (Fsp3) is 0.750. The van der Waals surface area contributed by atoms with E-state index in [0.29, 0.717) is 6.61 Å². The van der Waals surface area contributed by atoms with Crippen molar-refractivity contribution in [3.05, 3.63) is 0 Å². The molecule has 2 nitrogen and oxygen atoms in total. The molecule has 0 heterocycles. The van der Waals surface area contributed by atoms with Crippen LogP contribution in [0.15, 0.2) is 0 Å². The van der Waals surface area contributed by atoms with Crippen molar-refractivity contribution < 1.29 is 45.1 Å².